The lowest BCUT2D eigenvalue weighted by molar-refractivity contribution is 0.412. The molecule has 4 nitrogen and oxygen atoms in total. The maximum atomic E-state index is 6.13. The zero-order valence-electron chi connectivity index (χ0n) is 12.1. The average Bonchev–Trinajstić information content (AvgIpc) is 2.43. The third kappa shape index (κ3) is 3.02. The first-order chi connectivity index (χ1) is 9.55. The van der Waals surface area contributed by atoms with Crippen molar-refractivity contribution in [1.29, 1.82) is 0 Å². The summed E-state index contributed by atoms with van der Waals surface area (Å²) in [5.41, 5.74) is 2.85. The first-order valence-electron chi connectivity index (χ1n) is 6.49. The van der Waals surface area contributed by atoms with E-state index < -0.39 is 0 Å². The van der Waals surface area contributed by atoms with Gasteiger partial charge in [0.2, 0.25) is 0 Å². The quantitative estimate of drug-likeness (QED) is 0.863. The molecule has 1 aromatic carbocycles. The van der Waals surface area contributed by atoms with Gasteiger partial charge >= 0.3 is 0 Å². The highest BCUT2D eigenvalue weighted by molar-refractivity contribution is 6.30. The molecule has 0 aliphatic carbocycles. The first-order valence-corrected chi connectivity index (χ1v) is 6.87. The van der Waals surface area contributed by atoms with Gasteiger partial charge in [-0.05, 0) is 37.6 Å². The Balaban J connectivity index is 2.34. The highest BCUT2D eigenvalue weighted by Crippen LogP contribution is 2.26. The van der Waals surface area contributed by atoms with Crippen molar-refractivity contribution in [2.45, 2.75) is 27.2 Å². The predicted molar refractivity (Wildman–Crippen MR) is 82.2 cm³/mol. The van der Waals surface area contributed by atoms with E-state index in [0.717, 1.165) is 40.6 Å². The van der Waals surface area contributed by atoms with Crippen LogP contribution in [-0.4, -0.2) is 17.1 Å². The molecule has 0 spiro atoms. The maximum Gasteiger partial charge on any atom is 0.138 e. The van der Waals surface area contributed by atoms with Gasteiger partial charge in [-0.15, -0.1) is 0 Å². The smallest absolute Gasteiger partial charge is 0.138 e. The first kappa shape index (κ1) is 14.6. The second-order valence-electron chi connectivity index (χ2n) is 4.57. The van der Waals surface area contributed by atoms with E-state index in [4.69, 9.17) is 16.3 Å². The summed E-state index contributed by atoms with van der Waals surface area (Å²) in [7, 11) is 1.66. The van der Waals surface area contributed by atoms with Crippen molar-refractivity contribution >= 4 is 23.1 Å². The normalized spacial score (nSPS) is 10.4. The van der Waals surface area contributed by atoms with Gasteiger partial charge in [0.05, 0.1) is 7.11 Å². The van der Waals surface area contributed by atoms with E-state index in [9.17, 15) is 0 Å². The highest BCUT2D eigenvalue weighted by atomic mass is 35.5. The topological polar surface area (TPSA) is 47.0 Å². The molecule has 20 heavy (non-hydrogen) atoms. The third-order valence-corrected chi connectivity index (χ3v) is 3.47. The predicted octanol–water partition coefficient (Wildman–Crippen LogP) is 4.06. The maximum absolute atomic E-state index is 6.13. The van der Waals surface area contributed by atoms with Crippen LogP contribution in [0.2, 0.25) is 5.15 Å². The van der Waals surface area contributed by atoms with Gasteiger partial charge in [0.1, 0.15) is 22.5 Å². The molecule has 0 aliphatic rings. The van der Waals surface area contributed by atoms with E-state index in [1.165, 1.54) is 0 Å². The Kier molecular flexibility index (Phi) is 4.45. The molecule has 106 valence electrons. The molecule has 0 unspecified atom stereocenters. The summed E-state index contributed by atoms with van der Waals surface area (Å²) in [6.45, 7) is 5.91. The van der Waals surface area contributed by atoms with Crippen molar-refractivity contribution in [2.24, 2.45) is 0 Å². The standard InChI is InChI=1S/C15H18ClN3O/c1-5-13-18-14(16)10(3)15(19-13)17-11-6-7-12(20-4)9(2)8-11/h6-8H,5H2,1-4H3,(H,17,18,19). The summed E-state index contributed by atoms with van der Waals surface area (Å²) in [6.07, 6.45) is 0.746. The fraction of sp³-hybridized carbons (Fsp3) is 0.333. The van der Waals surface area contributed by atoms with Crippen LogP contribution in [0, 0.1) is 13.8 Å². The number of aromatic nitrogens is 2. The number of hydrogen-bond acceptors (Lipinski definition) is 4. The lowest BCUT2D eigenvalue weighted by Crippen LogP contribution is -2.03. The highest BCUT2D eigenvalue weighted by Gasteiger charge is 2.09. The van der Waals surface area contributed by atoms with Gasteiger partial charge in [0, 0.05) is 17.7 Å². The Morgan fingerprint density at radius 2 is 2.00 bits per heavy atom. The molecule has 0 amide bonds. The molecule has 0 atom stereocenters. The van der Waals surface area contributed by atoms with Crippen LogP contribution < -0.4 is 10.1 Å². The van der Waals surface area contributed by atoms with E-state index >= 15 is 0 Å². The minimum atomic E-state index is 0.490. The summed E-state index contributed by atoms with van der Waals surface area (Å²) < 4.78 is 5.26. The zero-order valence-corrected chi connectivity index (χ0v) is 12.9. The summed E-state index contributed by atoms with van der Waals surface area (Å²) in [5, 5.41) is 3.78. The van der Waals surface area contributed by atoms with E-state index in [1.54, 1.807) is 7.11 Å². The summed E-state index contributed by atoms with van der Waals surface area (Å²) in [6, 6.07) is 5.89. The monoisotopic (exact) mass is 291 g/mol. The van der Waals surface area contributed by atoms with E-state index in [0.29, 0.717) is 5.15 Å². The van der Waals surface area contributed by atoms with E-state index in [1.807, 2.05) is 39.0 Å². The Morgan fingerprint density at radius 3 is 2.60 bits per heavy atom. The Labute approximate surface area is 124 Å². The van der Waals surface area contributed by atoms with Crippen molar-refractivity contribution in [3.63, 3.8) is 0 Å². The van der Waals surface area contributed by atoms with Crippen LogP contribution in [0.3, 0.4) is 0 Å². The molecular formula is C15H18ClN3O. The number of anilines is 2. The van der Waals surface area contributed by atoms with E-state index in [-0.39, 0.29) is 0 Å². The molecule has 0 radical (unpaired) electrons. The third-order valence-electron chi connectivity index (χ3n) is 3.11. The Bertz CT molecular complexity index is 629. The summed E-state index contributed by atoms with van der Waals surface area (Å²) in [4.78, 5) is 8.71. The second kappa shape index (κ2) is 6.09. The second-order valence-corrected chi connectivity index (χ2v) is 4.93. The van der Waals surface area contributed by atoms with Crippen LogP contribution in [0.5, 0.6) is 5.75 Å². The van der Waals surface area contributed by atoms with Crippen LogP contribution in [0.1, 0.15) is 23.9 Å². The van der Waals surface area contributed by atoms with Crippen molar-refractivity contribution in [1.82, 2.24) is 9.97 Å². The molecule has 2 aromatic rings. The van der Waals surface area contributed by atoms with Crippen molar-refractivity contribution in [2.75, 3.05) is 12.4 Å². The van der Waals surface area contributed by atoms with Gasteiger partial charge in [-0.3, -0.25) is 0 Å². The largest absolute Gasteiger partial charge is 0.496 e. The molecule has 1 aromatic heterocycles. The van der Waals surface area contributed by atoms with Gasteiger partial charge in [-0.25, -0.2) is 9.97 Å². The average molecular weight is 292 g/mol. The minimum absolute atomic E-state index is 0.490. The van der Waals surface area contributed by atoms with Crippen LogP contribution in [-0.2, 0) is 6.42 Å². The van der Waals surface area contributed by atoms with Crippen LogP contribution in [0.25, 0.3) is 0 Å². The minimum Gasteiger partial charge on any atom is -0.496 e. The van der Waals surface area contributed by atoms with Gasteiger partial charge in [-0.1, -0.05) is 18.5 Å². The SMILES string of the molecule is CCc1nc(Cl)c(C)c(Nc2ccc(OC)c(C)c2)n1. The van der Waals surface area contributed by atoms with E-state index in [2.05, 4.69) is 15.3 Å². The molecule has 1 N–H and O–H groups in total. The van der Waals surface area contributed by atoms with Gasteiger partial charge in [-0.2, -0.15) is 0 Å². The number of benzene rings is 1. The zero-order chi connectivity index (χ0) is 14.7. The van der Waals surface area contributed by atoms with Gasteiger partial charge in [0.15, 0.2) is 0 Å². The number of nitrogens with zero attached hydrogens (tertiary/aromatic N) is 2. The number of rotatable bonds is 4. The van der Waals surface area contributed by atoms with Gasteiger partial charge in [0.25, 0.3) is 0 Å². The van der Waals surface area contributed by atoms with Crippen LogP contribution in [0.15, 0.2) is 18.2 Å². The molecule has 1 heterocycles. The van der Waals surface area contributed by atoms with Crippen molar-refractivity contribution < 1.29 is 4.74 Å². The van der Waals surface area contributed by atoms with Crippen molar-refractivity contribution in [3.05, 3.63) is 40.3 Å². The lowest BCUT2D eigenvalue weighted by Gasteiger charge is -2.12. The molecule has 0 saturated carbocycles. The van der Waals surface area contributed by atoms with Crippen LogP contribution >= 0.6 is 11.6 Å². The number of ether oxygens (including phenoxy) is 1. The number of halogens is 1. The molecule has 0 aliphatic heterocycles. The number of methoxy groups -OCH3 is 1. The fourth-order valence-corrected chi connectivity index (χ4v) is 2.09. The summed E-state index contributed by atoms with van der Waals surface area (Å²) in [5.74, 6) is 2.34. The molecule has 0 bridgehead atoms. The number of aryl methyl sites for hydroxylation is 2. The lowest BCUT2D eigenvalue weighted by atomic mass is 10.2. The molecule has 5 heteroatoms. The molecule has 0 fully saturated rings. The number of nitrogens with one attached hydrogen (secondary N) is 1. The Morgan fingerprint density at radius 1 is 1.25 bits per heavy atom. The van der Waals surface area contributed by atoms with Crippen LogP contribution in [0.4, 0.5) is 11.5 Å². The van der Waals surface area contributed by atoms with Gasteiger partial charge < -0.3 is 10.1 Å². The number of hydrogen-bond donors (Lipinski definition) is 1. The molecule has 2 rings (SSSR count). The summed E-state index contributed by atoms with van der Waals surface area (Å²) >= 11 is 6.13. The molecule has 0 saturated heterocycles. The Hall–Kier alpha value is -1.81. The fourth-order valence-electron chi connectivity index (χ4n) is 1.91. The molecular weight excluding hydrogens is 274 g/mol. The van der Waals surface area contributed by atoms with Crippen molar-refractivity contribution in [3.8, 4) is 5.75 Å².